The minimum Gasteiger partial charge on any atom is -0.493 e. The highest BCUT2D eigenvalue weighted by molar-refractivity contribution is 7.14. The molecule has 9 heteroatoms. The van der Waals surface area contributed by atoms with Crippen molar-refractivity contribution in [3.63, 3.8) is 0 Å². The Labute approximate surface area is 171 Å². The lowest BCUT2D eigenvalue weighted by molar-refractivity contribution is 0.102. The fourth-order valence-electron chi connectivity index (χ4n) is 2.90. The molecule has 2 heterocycles. The van der Waals surface area contributed by atoms with Crippen molar-refractivity contribution < 1.29 is 28.5 Å². The van der Waals surface area contributed by atoms with Crippen molar-refractivity contribution in [3.05, 3.63) is 41.3 Å². The molecule has 1 aliphatic heterocycles. The zero-order valence-electron chi connectivity index (χ0n) is 16.0. The Hall–Kier alpha value is -3.46. The number of hydrogen-bond acceptors (Lipinski definition) is 8. The van der Waals surface area contributed by atoms with Crippen LogP contribution >= 0.6 is 11.3 Å². The standard InChI is InChI=1S/C20H18N2O6S/c1-24-16-7-12(8-17(25-2)18(16)26-3)19(23)22-20-21-13(9-29-20)11-4-5-14-15(6-11)28-10-27-14/h4-9H,10H2,1-3H3,(H,21,22,23). The van der Waals surface area contributed by atoms with Crippen molar-refractivity contribution in [2.75, 3.05) is 33.4 Å². The van der Waals surface area contributed by atoms with Crippen molar-refractivity contribution in [2.24, 2.45) is 0 Å². The van der Waals surface area contributed by atoms with E-state index in [0.717, 1.165) is 11.3 Å². The average molecular weight is 414 g/mol. The molecule has 1 amide bonds. The average Bonchev–Trinajstić information content (AvgIpc) is 3.41. The number of benzene rings is 2. The number of carbonyl (C=O) groups is 1. The van der Waals surface area contributed by atoms with Crippen LogP contribution in [0.3, 0.4) is 0 Å². The van der Waals surface area contributed by atoms with Gasteiger partial charge in [0.2, 0.25) is 12.5 Å². The number of carbonyl (C=O) groups excluding carboxylic acids is 1. The number of ether oxygens (including phenoxy) is 5. The topological polar surface area (TPSA) is 88.1 Å². The summed E-state index contributed by atoms with van der Waals surface area (Å²) in [5.41, 5.74) is 1.96. The number of hydrogen-bond donors (Lipinski definition) is 1. The number of aromatic nitrogens is 1. The van der Waals surface area contributed by atoms with Gasteiger partial charge in [0.05, 0.1) is 27.0 Å². The largest absolute Gasteiger partial charge is 0.493 e. The normalized spacial score (nSPS) is 11.8. The van der Waals surface area contributed by atoms with Crippen LogP contribution in [0.2, 0.25) is 0 Å². The highest BCUT2D eigenvalue weighted by atomic mass is 32.1. The van der Waals surface area contributed by atoms with Crippen LogP contribution in [-0.2, 0) is 0 Å². The quantitative estimate of drug-likeness (QED) is 0.656. The van der Waals surface area contributed by atoms with Crippen molar-refractivity contribution in [3.8, 4) is 40.0 Å². The molecule has 0 saturated carbocycles. The van der Waals surface area contributed by atoms with Gasteiger partial charge in [0, 0.05) is 16.5 Å². The van der Waals surface area contributed by atoms with E-state index in [1.807, 2.05) is 23.6 Å². The summed E-state index contributed by atoms with van der Waals surface area (Å²) in [5, 5.41) is 5.13. The van der Waals surface area contributed by atoms with Gasteiger partial charge >= 0.3 is 0 Å². The lowest BCUT2D eigenvalue weighted by atomic mass is 10.1. The molecule has 29 heavy (non-hydrogen) atoms. The molecule has 0 radical (unpaired) electrons. The minimum absolute atomic E-state index is 0.214. The van der Waals surface area contributed by atoms with E-state index in [4.69, 9.17) is 23.7 Å². The Morgan fingerprint density at radius 1 is 1.03 bits per heavy atom. The van der Waals surface area contributed by atoms with Gasteiger partial charge in [0.15, 0.2) is 28.1 Å². The molecule has 0 fully saturated rings. The van der Waals surface area contributed by atoms with E-state index >= 15 is 0 Å². The molecular weight excluding hydrogens is 396 g/mol. The first kappa shape index (κ1) is 18.9. The molecule has 150 valence electrons. The van der Waals surface area contributed by atoms with Crippen molar-refractivity contribution in [2.45, 2.75) is 0 Å². The van der Waals surface area contributed by atoms with Gasteiger partial charge in [-0.25, -0.2) is 4.98 Å². The zero-order chi connectivity index (χ0) is 20.4. The van der Waals surface area contributed by atoms with E-state index in [1.165, 1.54) is 32.7 Å². The third kappa shape index (κ3) is 3.64. The van der Waals surface area contributed by atoms with E-state index in [1.54, 1.807) is 12.1 Å². The Bertz CT molecular complexity index is 1040. The first-order valence-corrected chi connectivity index (χ1v) is 9.47. The van der Waals surface area contributed by atoms with Crippen LogP contribution in [0.15, 0.2) is 35.7 Å². The summed E-state index contributed by atoms with van der Waals surface area (Å²) in [6.45, 7) is 0.214. The van der Waals surface area contributed by atoms with E-state index in [9.17, 15) is 4.79 Å². The van der Waals surface area contributed by atoms with Gasteiger partial charge in [-0.1, -0.05) is 0 Å². The van der Waals surface area contributed by atoms with Crippen molar-refractivity contribution >= 4 is 22.4 Å². The van der Waals surface area contributed by atoms with Crippen molar-refractivity contribution in [1.82, 2.24) is 4.98 Å². The predicted octanol–water partition coefficient (Wildman–Crippen LogP) is 3.82. The lowest BCUT2D eigenvalue weighted by Crippen LogP contribution is -2.12. The fraction of sp³-hybridized carbons (Fsp3) is 0.200. The molecule has 0 atom stereocenters. The second-order valence-electron chi connectivity index (χ2n) is 5.97. The lowest BCUT2D eigenvalue weighted by Gasteiger charge is -2.13. The summed E-state index contributed by atoms with van der Waals surface area (Å²) in [6.07, 6.45) is 0. The molecule has 0 saturated heterocycles. The zero-order valence-corrected chi connectivity index (χ0v) is 16.8. The second kappa shape index (κ2) is 7.88. The third-order valence-electron chi connectivity index (χ3n) is 4.32. The van der Waals surface area contributed by atoms with Crippen LogP contribution in [-0.4, -0.2) is 39.0 Å². The van der Waals surface area contributed by atoms with Gasteiger partial charge in [-0.05, 0) is 30.3 Å². The molecular formula is C20H18N2O6S. The fourth-order valence-corrected chi connectivity index (χ4v) is 3.62. The van der Waals surface area contributed by atoms with E-state index < -0.39 is 0 Å². The van der Waals surface area contributed by atoms with Crippen LogP contribution in [0.4, 0.5) is 5.13 Å². The number of rotatable bonds is 6. The molecule has 4 rings (SSSR count). The highest BCUT2D eigenvalue weighted by Crippen LogP contribution is 2.39. The summed E-state index contributed by atoms with van der Waals surface area (Å²) in [5.74, 6) is 2.27. The number of anilines is 1. The SMILES string of the molecule is COc1cc(C(=O)Nc2nc(-c3ccc4c(c3)OCO4)cs2)cc(OC)c1OC. The van der Waals surface area contributed by atoms with Crippen molar-refractivity contribution in [1.29, 1.82) is 0 Å². The Morgan fingerprint density at radius 2 is 1.76 bits per heavy atom. The number of nitrogens with zero attached hydrogens (tertiary/aromatic N) is 1. The molecule has 1 aromatic heterocycles. The maximum atomic E-state index is 12.7. The number of nitrogens with one attached hydrogen (secondary N) is 1. The molecule has 2 aromatic carbocycles. The highest BCUT2D eigenvalue weighted by Gasteiger charge is 2.19. The van der Waals surface area contributed by atoms with Gasteiger partial charge in [-0.2, -0.15) is 0 Å². The maximum absolute atomic E-state index is 12.7. The molecule has 8 nitrogen and oxygen atoms in total. The van der Waals surface area contributed by atoms with Crippen LogP contribution in [0.1, 0.15) is 10.4 Å². The molecule has 1 aliphatic rings. The molecule has 0 spiro atoms. The predicted molar refractivity (Wildman–Crippen MR) is 108 cm³/mol. The van der Waals surface area contributed by atoms with Gasteiger partial charge in [0.1, 0.15) is 0 Å². The molecule has 1 N–H and O–H groups in total. The second-order valence-corrected chi connectivity index (χ2v) is 6.83. The Morgan fingerprint density at radius 3 is 2.45 bits per heavy atom. The van der Waals surface area contributed by atoms with Gasteiger partial charge in [-0.3, -0.25) is 10.1 Å². The van der Waals surface area contributed by atoms with Crippen LogP contribution in [0.5, 0.6) is 28.7 Å². The van der Waals surface area contributed by atoms with Crippen LogP contribution in [0.25, 0.3) is 11.3 Å². The van der Waals surface area contributed by atoms with Crippen LogP contribution in [0, 0.1) is 0 Å². The first-order valence-electron chi connectivity index (χ1n) is 8.60. The number of fused-ring (bicyclic) bond motifs is 1. The summed E-state index contributed by atoms with van der Waals surface area (Å²) in [7, 11) is 4.50. The first-order chi connectivity index (χ1) is 14.1. The van der Waals surface area contributed by atoms with E-state index in [0.29, 0.717) is 39.4 Å². The number of methoxy groups -OCH3 is 3. The van der Waals surface area contributed by atoms with Gasteiger partial charge in [-0.15, -0.1) is 11.3 Å². The third-order valence-corrected chi connectivity index (χ3v) is 5.08. The monoisotopic (exact) mass is 414 g/mol. The Balaban J connectivity index is 1.55. The summed E-state index contributed by atoms with van der Waals surface area (Å²) < 4.78 is 26.6. The van der Waals surface area contributed by atoms with Crippen LogP contribution < -0.4 is 29.0 Å². The van der Waals surface area contributed by atoms with Gasteiger partial charge in [0.25, 0.3) is 5.91 Å². The summed E-state index contributed by atoms with van der Waals surface area (Å²) >= 11 is 1.33. The molecule has 0 unspecified atom stereocenters. The summed E-state index contributed by atoms with van der Waals surface area (Å²) in [4.78, 5) is 17.2. The Kier molecular flexibility index (Phi) is 5.13. The van der Waals surface area contributed by atoms with E-state index in [2.05, 4.69) is 10.3 Å². The smallest absolute Gasteiger partial charge is 0.257 e. The molecule has 0 aliphatic carbocycles. The minimum atomic E-state index is -0.337. The molecule has 3 aromatic rings. The number of amides is 1. The summed E-state index contributed by atoms with van der Waals surface area (Å²) in [6, 6.07) is 8.77. The molecule has 0 bridgehead atoms. The number of thiazole rings is 1. The van der Waals surface area contributed by atoms with E-state index in [-0.39, 0.29) is 12.7 Å². The van der Waals surface area contributed by atoms with Gasteiger partial charge < -0.3 is 23.7 Å². The maximum Gasteiger partial charge on any atom is 0.257 e.